The van der Waals surface area contributed by atoms with Crippen molar-refractivity contribution in [1.29, 1.82) is 0 Å². The molecule has 34 heavy (non-hydrogen) atoms. The van der Waals surface area contributed by atoms with E-state index in [1.807, 2.05) is 60.0 Å². The summed E-state index contributed by atoms with van der Waals surface area (Å²) in [7, 11) is 3.22. The number of amides is 2. The van der Waals surface area contributed by atoms with E-state index < -0.39 is 5.54 Å². The fraction of sp³-hybridized carbons (Fsp3) is 0.407. The van der Waals surface area contributed by atoms with E-state index in [9.17, 15) is 9.59 Å². The van der Waals surface area contributed by atoms with Gasteiger partial charge in [-0.05, 0) is 50.1 Å². The van der Waals surface area contributed by atoms with Crippen molar-refractivity contribution >= 4 is 28.4 Å². The second kappa shape index (κ2) is 8.70. The van der Waals surface area contributed by atoms with Gasteiger partial charge < -0.3 is 19.4 Å². The van der Waals surface area contributed by atoms with Crippen LogP contribution in [-0.4, -0.2) is 42.2 Å². The number of benzene rings is 2. The number of anilines is 1. The lowest BCUT2D eigenvalue weighted by atomic mass is 9.91. The number of carbonyl (C=O) groups is 2. The molecule has 2 aliphatic rings. The molecule has 1 aromatic heterocycles. The van der Waals surface area contributed by atoms with Crippen molar-refractivity contribution < 1.29 is 19.1 Å². The predicted molar refractivity (Wildman–Crippen MR) is 132 cm³/mol. The minimum Gasteiger partial charge on any atom is -0.497 e. The van der Waals surface area contributed by atoms with Gasteiger partial charge in [0.05, 0.1) is 26.3 Å². The van der Waals surface area contributed by atoms with Gasteiger partial charge in [0, 0.05) is 29.2 Å². The molecule has 3 aromatic rings. The molecule has 0 saturated heterocycles. The highest BCUT2D eigenvalue weighted by molar-refractivity contribution is 6.14. The van der Waals surface area contributed by atoms with E-state index in [2.05, 4.69) is 5.32 Å². The van der Waals surface area contributed by atoms with Gasteiger partial charge in [0.1, 0.15) is 22.7 Å². The van der Waals surface area contributed by atoms with Gasteiger partial charge in [0.2, 0.25) is 5.91 Å². The summed E-state index contributed by atoms with van der Waals surface area (Å²) in [5.41, 5.74) is 0.946. The van der Waals surface area contributed by atoms with Crippen LogP contribution in [0.2, 0.25) is 0 Å². The topological polar surface area (TPSA) is 72.8 Å². The van der Waals surface area contributed by atoms with Crippen molar-refractivity contribution in [3.8, 4) is 11.5 Å². The number of nitrogens with one attached hydrogen (secondary N) is 1. The summed E-state index contributed by atoms with van der Waals surface area (Å²) < 4.78 is 12.8. The maximum atomic E-state index is 14.0. The summed E-state index contributed by atoms with van der Waals surface area (Å²) in [6.45, 7) is 2.19. The second-order valence-electron chi connectivity index (χ2n) is 9.46. The van der Waals surface area contributed by atoms with E-state index in [4.69, 9.17) is 9.47 Å². The van der Waals surface area contributed by atoms with Gasteiger partial charge in [-0.3, -0.25) is 14.5 Å². The average molecular weight is 462 g/mol. The third-order valence-electron chi connectivity index (χ3n) is 7.23. The Hall–Kier alpha value is -3.48. The van der Waals surface area contributed by atoms with Gasteiger partial charge in [-0.1, -0.05) is 25.3 Å². The summed E-state index contributed by atoms with van der Waals surface area (Å²) in [5, 5.41) is 4.21. The van der Waals surface area contributed by atoms with Gasteiger partial charge in [0.25, 0.3) is 5.91 Å². The largest absolute Gasteiger partial charge is 0.497 e. The van der Waals surface area contributed by atoms with E-state index in [1.165, 1.54) is 6.42 Å². The van der Waals surface area contributed by atoms with E-state index in [0.717, 1.165) is 36.6 Å². The molecule has 2 amide bonds. The Bertz CT molecular complexity index is 1240. The number of hydrogen-bond acceptors (Lipinski definition) is 4. The summed E-state index contributed by atoms with van der Waals surface area (Å²) in [5.74, 6) is 1.00. The Morgan fingerprint density at radius 2 is 1.74 bits per heavy atom. The van der Waals surface area contributed by atoms with Crippen molar-refractivity contribution in [3.05, 3.63) is 54.2 Å². The number of aromatic nitrogens is 1. The van der Waals surface area contributed by atoms with Gasteiger partial charge in [-0.25, -0.2) is 0 Å². The maximum absolute atomic E-state index is 14.0. The number of ether oxygens (including phenoxy) is 2. The molecule has 1 atom stereocenters. The number of rotatable bonds is 5. The zero-order valence-electron chi connectivity index (χ0n) is 20.0. The summed E-state index contributed by atoms with van der Waals surface area (Å²) in [4.78, 5) is 29.5. The van der Waals surface area contributed by atoms with E-state index in [1.54, 1.807) is 19.1 Å². The fourth-order valence-electron chi connectivity index (χ4n) is 5.34. The molecule has 2 heterocycles. The molecule has 1 saturated carbocycles. The van der Waals surface area contributed by atoms with Gasteiger partial charge >= 0.3 is 0 Å². The van der Waals surface area contributed by atoms with Crippen LogP contribution in [0.5, 0.6) is 11.5 Å². The summed E-state index contributed by atoms with van der Waals surface area (Å²) in [6.07, 6.45) is 5.39. The molecule has 0 spiro atoms. The molecule has 7 nitrogen and oxygen atoms in total. The molecule has 1 aliphatic carbocycles. The fourth-order valence-corrected chi connectivity index (χ4v) is 5.34. The highest BCUT2D eigenvalue weighted by Crippen LogP contribution is 2.38. The lowest BCUT2D eigenvalue weighted by Gasteiger charge is -2.44. The molecular formula is C27H31N3O4. The van der Waals surface area contributed by atoms with Crippen molar-refractivity contribution in [3.63, 3.8) is 0 Å². The maximum Gasteiger partial charge on any atom is 0.275 e. The second-order valence-corrected chi connectivity index (χ2v) is 9.46. The molecule has 0 radical (unpaired) electrons. The predicted octanol–water partition coefficient (Wildman–Crippen LogP) is 4.53. The number of nitrogens with zero attached hydrogens (tertiary/aromatic N) is 2. The smallest absolute Gasteiger partial charge is 0.275 e. The number of fused-ring (bicyclic) bond motifs is 3. The molecule has 7 heteroatoms. The molecule has 178 valence electrons. The Morgan fingerprint density at radius 1 is 1.00 bits per heavy atom. The SMILES string of the molecule is COc1cccc(N2C(=O)c3cc4ccc(OC)cc4n3C[C@@]2(C)C(=O)NC2CCCCC2)c1. The molecule has 0 unspecified atom stereocenters. The zero-order chi connectivity index (χ0) is 23.9. The third kappa shape index (κ3) is 3.69. The molecule has 5 rings (SSSR count). The van der Waals surface area contributed by atoms with Crippen LogP contribution in [0.25, 0.3) is 10.9 Å². The van der Waals surface area contributed by atoms with Crippen LogP contribution in [0, 0.1) is 0 Å². The van der Waals surface area contributed by atoms with Crippen molar-refractivity contribution in [2.24, 2.45) is 0 Å². The Morgan fingerprint density at radius 3 is 2.47 bits per heavy atom. The number of hydrogen-bond donors (Lipinski definition) is 1. The monoisotopic (exact) mass is 461 g/mol. The summed E-state index contributed by atoms with van der Waals surface area (Å²) >= 11 is 0. The highest BCUT2D eigenvalue weighted by atomic mass is 16.5. The van der Waals surface area contributed by atoms with Crippen LogP contribution in [0.4, 0.5) is 5.69 Å². The lowest BCUT2D eigenvalue weighted by Crippen LogP contribution is -2.65. The quantitative estimate of drug-likeness (QED) is 0.606. The van der Waals surface area contributed by atoms with Gasteiger partial charge in [-0.2, -0.15) is 0 Å². The Balaban J connectivity index is 1.63. The van der Waals surface area contributed by atoms with Crippen molar-refractivity contribution in [2.75, 3.05) is 19.1 Å². The first-order valence-electron chi connectivity index (χ1n) is 11.9. The molecule has 0 bridgehead atoms. The Kier molecular flexibility index (Phi) is 5.71. The normalized spacial score (nSPS) is 20.8. The van der Waals surface area contributed by atoms with Crippen molar-refractivity contribution in [2.45, 2.75) is 57.2 Å². The summed E-state index contributed by atoms with van der Waals surface area (Å²) in [6, 6.07) is 15.1. The first-order chi connectivity index (χ1) is 16.4. The van der Waals surface area contributed by atoms with Crippen LogP contribution in [0.1, 0.15) is 49.5 Å². The minimum absolute atomic E-state index is 0.133. The molecule has 1 N–H and O–H groups in total. The lowest BCUT2D eigenvalue weighted by molar-refractivity contribution is -0.127. The standard InChI is InChI=1S/C27H31N3O4/c1-27(26(32)28-19-8-5-4-6-9-19)17-29-23-16-22(34-3)13-12-18(23)14-24(29)25(31)30(27)20-10-7-11-21(15-20)33-2/h7,10-16,19H,4-6,8-9,17H2,1-3H3,(H,28,32)/t27-/m0/s1. The molecule has 2 aromatic carbocycles. The van der Waals surface area contributed by atoms with E-state index in [-0.39, 0.29) is 17.9 Å². The van der Waals surface area contributed by atoms with E-state index in [0.29, 0.717) is 29.4 Å². The number of methoxy groups -OCH3 is 2. The van der Waals surface area contributed by atoms with Crippen LogP contribution in [0.3, 0.4) is 0 Å². The zero-order valence-corrected chi connectivity index (χ0v) is 20.0. The molecular weight excluding hydrogens is 430 g/mol. The van der Waals surface area contributed by atoms with Gasteiger partial charge in [0.15, 0.2) is 0 Å². The number of carbonyl (C=O) groups excluding carboxylic acids is 2. The van der Waals surface area contributed by atoms with Gasteiger partial charge in [-0.15, -0.1) is 0 Å². The average Bonchev–Trinajstić information content (AvgIpc) is 3.22. The van der Waals surface area contributed by atoms with Crippen LogP contribution >= 0.6 is 0 Å². The molecule has 1 fully saturated rings. The van der Waals surface area contributed by atoms with E-state index >= 15 is 0 Å². The minimum atomic E-state index is -1.12. The van der Waals surface area contributed by atoms with Crippen molar-refractivity contribution in [1.82, 2.24) is 9.88 Å². The van der Waals surface area contributed by atoms with Crippen LogP contribution in [0.15, 0.2) is 48.5 Å². The van der Waals surface area contributed by atoms with Crippen LogP contribution < -0.4 is 19.7 Å². The highest BCUT2D eigenvalue weighted by Gasteiger charge is 2.49. The third-order valence-corrected chi connectivity index (χ3v) is 7.23. The Labute approximate surface area is 199 Å². The van der Waals surface area contributed by atoms with Crippen LogP contribution in [-0.2, 0) is 11.3 Å². The molecule has 1 aliphatic heterocycles. The first-order valence-corrected chi connectivity index (χ1v) is 11.9. The first kappa shape index (κ1) is 22.3.